The number of nitrogens with two attached hydrogens (primary N) is 1. The molecule has 4 N–H and O–H groups in total. The number of nitrogens with zero attached hydrogens (tertiary/aromatic N) is 1. The molecule has 0 heterocycles. The minimum atomic E-state index is -1.27. The van der Waals surface area contributed by atoms with Gasteiger partial charge in [-0.15, -0.1) is 0 Å². The van der Waals surface area contributed by atoms with Gasteiger partial charge in [0.05, 0.1) is 5.56 Å². The van der Waals surface area contributed by atoms with Crippen LogP contribution >= 0.6 is 0 Å². The molecule has 0 saturated heterocycles. The van der Waals surface area contributed by atoms with E-state index in [1.54, 1.807) is 12.1 Å². The highest BCUT2D eigenvalue weighted by Gasteiger charge is 2.15. The summed E-state index contributed by atoms with van der Waals surface area (Å²) in [6.07, 6.45) is 0. The first kappa shape index (κ1) is 9.05. The number of phenolic OH excluding ortho intramolecular Hbond substituents is 1. The zero-order chi connectivity index (χ0) is 9.84. The van der Waals surface area contributed by atoms with Gasteiger partial charge in [0.25, 0.3) is 0 Å². The molecule has 1 aromatic rings. The van der Waals surface area contributed by atoms with Gasteiger partial charge in [0.2, 0.25) is 0 Å². The number of benzene rings is 1. The van der Waals surface area contributed by atoms with Crippen LogP contribution in [0.4, 0.5) is 0 Å². The molecule has 0 atom stereocenters. The van der Waals surface area contributed by atoms with Crippen molar-refractivity contribution in [2.24, 2.45) is 10.9 Å². The van der Waals surface area contributed by atoms with Crippen molar-refractivity contribution < 1.29 is 15.0 Å². The number of carboxylic acid groups (broad SMARTS) is 1. The van der Waals surface area contributed by atoms with Crippen molar-refractivity contribution in [2.45, 2.75) is 0 Å². The van der Waals surface area contributed by atoms with E-state index in [0.29, 0.717) is 0 Å². The summed E-state index contributed by atoms with van der Waals surface area (Å²) in [5.41, 5.74) is -0.254. The van der Waals surface area contributed by atoms with E-state index in [2.05, 4.69) is 5.10 Å². The molecule has 0 saturated carbocycles. The second-order valence-corrected chi connectivity index (χ2v) is 2.30. The molecule has 0 spiro atoms. The smallest absolute Gasteiger partial charge is 0.357 e. The van der Waals surface area contributed by atoms with Gasteiger partial charge in [-0.05, 0) is 12.1 Å². The van der Waals surface area contributed by atoms with Gasteiger partial charge >= 0.3 is 5.97 Å². The van der Waals surface area contributed by atoms with E-state index >= 15 is 0 Å². The first-order valence-corrected chi connectivity index (χ1v) is 3.46. The molecule has 0 fully saturated rings. The maximum absolute atomic E-state index is 10.6. The van der Waals surface area contributed by atoms with Crippen LogP contribution in [0.5, 0.6) is 5.75 Å². The quantitative estimate of drug-likeness (QED) is 0.342. The van der Waals surface area contributed by atoms with Crippen LogP contribution < -0.4 is 5.84 Å². The maximum atomic E-state index is 10.6. The first-order valence-electron chi connectivity index (χ1n) is 3.46. The van der Waals surface area contributed by atoms with Crippen molar-refractivity contribution >= 4 is 11.7 Å². The molecule has 0 unspecified atom stereocenters. The summed E-state index contributed by atoms with van der Waals surface area (Å²) >= 11 is 0. The highest BCUT2D eigenvalue weighted by Crippen LogP contribution is 2.16. The van der Waals surface area contributed by atoms with Crippen molar-refractivity contribution in [2.75, 3.05) is 0 Å². The molecule has 0 aliphatic rings. The Kier molecular flexibility index (Phi) is 2.49. The Bertz CT molecular complexity index is 360. The lowest BCUT2D eigenvalue weighted by atomic mass is 10.1. The van der Waals surface area contributed by atoms with E-state index in [1.165, 1.54) is 12.1 Å². The van der Waals surface area contributed by atoms with E-state index in [0.717, 1.165) is 0 Å². The van der Waals surface area contributed by atoms with Crippen LogP contribution in [0.15, 0.2) is 29.4 Å². The number of hydrogen-bond acceptors (Lipinski definition) is 4. The van der Waals surface area contributed by atoms with E-state index in [9.17, 15) is 9.90 Å². The minimum absolute atomic E-state index is 0.109. The van der Waals surface area contributed by atoms with E-state index in [4.69, 9.17) is 10.9 Å². The highest BCUT2D eigenvalue weighted by molar-refractivity contribution is 6.43. The molecule has 0 radical (unpaired) electrons. The molecule has 0 aliphatic carbocycles. The second-order valence-electron chi connectivity index (χ2n) is 2.30. The molecule has 1 aromatic carbocycles. The van der Waals surface area contributed by atoms with Gasteiger partial charge in [-0.1, -0.05) is 12.1 Å². The third-order valence-electron chi connectivity index (χ3n) is 1.49. The lowest BCUT2D eigenvalue weighted by Crippen LogP contribution is -2.16. The van der Waals surface area contributed by atoms with Crippen molar-refractivity contribution in [3.8, 4) is 5.75 Å². The van der Waals surface area contributed by atoms with Crippen LogP contribution in [0.1, 0.15) is 5.56 Å². The Morgan fingerprint density at radius 1 is 1.38 bits per heavy atom. The predicted octanol–water partition coefficient (Wildman–Crippen LogP) is 0.140. The summed E-state index contributed by atoms with van der Waals surface area (Å²) in [6, 6.07) is 5.95. The number of aromatic hydroxyl groups is 1. The first-order chi connectivity index (χ1) is 6.16. The monoisotopic (exact) mass is 180 g/mol. The van der Waals surface area contributed by atoms with Crippen LogP contribution in [-0.2, 0) is 4.79 Å². The number of hydrazone groups is 1. The van der Waals surface area contributed by atoms with Crippen LogP contribution in [0, 0.1) is 0 Å². The number of rotatable bonds is 2. The number of carboxylic acids is 1. The number of aliphatic carboxylic acids is 1. The van der Waals surface area contributed by atoms with Crippen molar-refractivity contribution in [3.63, 3.8) is 0 Å². The average molecular weight is 180 g/mol. The van der Waals surface area contributed by atoms with E-state index < -0.39 is 5.97 Å². The molecule has 0 amide bonds. The van der Waals surface area contributed by atoms with Crippen molar-refractivity contribution in [1.29, 1.82) is 0 Å². The van der Waals surface area contributed by atoms with Crippen LogP contribution in [0.3, 0.4) is 0 Å². The van der Waals surface area contributed by atoms with Crippen molar-refractivity contribution in [3.05, 3.63) is 29.8 Å². The van der Waals surface area contributed by atoms with Gasteiger partial charge in [-0.2, -0.15) is 5.10 Å². The minimum Gasteiger partial charge on any atom is -0.507 e. The van der Waals surface area contributed by atoms with E-state index in [-0.39, 0.29) is 17.0 Å². The van der Waals surface area contributed by atoms with Crippen LogP contribution in [0.25, 0.3) is 0 Å². The zero-order valence-corrected chi connectivity index (χ0v) is 6.64. The number of para-hydroxylation sites is 1. The Morgan fingerprint density at radius 2 is 2.00 bits per heavy atom. The Balaban J connectivity index is 3.21. The summed E-state index contributed by atoms with van der Waals surface area (Å²) in [7, 11) is 0. The molecule has 68 valence electrons. The molecule has 13 heavy (non-hydrogen) atoms. The molecule has 1 rings (SSSR count). The summed E-state index contributed by atoms with van der Waals surface area (Å²) in [5, 5.41) is 21.0. The largest absolute Gasteiger partial charge is 0.507 e. The van der Waals surface area contributed by atoms with Gasteiger partial charge < -0.3 is 16.1 Å². The normalized spacial score (nSPS) is 11.2. The maximum Gasteiger partial charge on any atom is 0.357 e. The Morgan fingerprint density at radius 3 is 2.46 bits per heavy atom. The number of hydrogen-bond donors (Lipinski definition) is 3. The fraction of sp³-hybridized carbons (Fsp3) is 0. The number of phenols is 1. The summed E-state index contributed by atoms with van der Waals surface area (Å²) in [5.74, 6) is 3.44. The van der Waals surface area contributed by atoms with Gasteiger partial charge in [-0.3, -0.25) is 0 Å². The molecule has 5 heteroatoms. The fourth-order valence-corrected chi connectivity index (χ4v) is 0.914. The molecule has 0 aliphatic heterocycles. The fourth-order valence-electron chi connectivity index (χ4n) is 0.914. The molecule has 0 aromatic heterocycles. The molecule has 5 nitrogen and oxygen atoms in total. The molecule has 0 bridgehead atoms. The zero-order valence-electron chi connectivity index (χ0n) is 6.64. The average Bonchev–Trinajstić information content (AvgIpc) is 2.09. The lowest BCUT2D eigenvalue weighted by Gasteiger charge is -2.01. The predicted molar refractivity (Wildman–Crippen MR) is 46.5 cm³/mol. The van der Waals surface area contributed by atoms with Gasteiger partial charge in [0.1, 0.15) is 5.75 Å². The molecular formula is C8H8N2O3. The third-order valence-corrected chi connectivity index (χ3v) is 1.49. The third kappa shape index (κ3) is 1.76. The summed E-state index contributed by atoms with van der Waals surface area (Å²) in [6.45, 7) is 0. The Hall–Kier alpha value is -2.04. The van der Waals surface area contributed by atoms with Gasteiger partial charge in [0.15, 0.2) is 5.71 Å². The highest BCUT2D eigenvalue weighted by atomic mass is 16.4. The summed E-state index contributed by atoms with van der Waals surface area (Å²) < 4.78 is 0. The van der Waals surface area contributed by atoms with Crippen LogP contribution in [-0.4, -0.2) is 21.9 Å². The Labute approximate surface area is 74.1 Å². The van der Waals surface area contributed by atoms with Gasteiger partial charge in [0, 0.05) is 0 Å². The van der Waals surface area contributed by atoms with Crippen LogP contribution in [0.2, 0.25) is 0 Å². The number of carbonyl (C=O) groups is 1. The molecular weight excluding hydrogens is 172 g/mol. The SMILES string of the molecule is NN=C(C(=O)O)c1ccccc1O. The van der Waals surface area contributed by atoms with E-state index in [1.807, 2.05) is 0 Å². The van der Waals surface area contributed by atoms with Crippen molar-refractivity contribution in [1.82, 2.24) is 0 Å². The second kappa shape index (κ2) is 3.57. The lowest BCUT2D eigenvalue weighted by molar-refractivity contribution is -0.129. The topological polar surface area (TPSA) is 95.9 Å². The van der Waals surface area contributed by atoms with Gasteiger partial charge in [-0.25, -0.2) is 4.79 Å². The standard InChI is InChI=1S/C8H8N2O3/c9-10-7(8(12)13)5-3-1-2-4-6(5)11/h1-4,11H,9H2,(H,12,13). The summed E-state index contributed by atoms with van der Waals surface area (Å²) in [4.78, 5) is 10.6.